The normalized spacial score (nSPS) is 16.7. The van der Waals surface area contributed by atoms with Gasteiger partial charge in [-0.3, -0.25) is 0 Å². The molecule has 21 heavy (non-hydrogen) atoms. The molecule has 1 aromatic heterocycles. The molecule has 3 nitrogen and oxygen atoms in total. The first-order chi connectivity index (χ1) is 9.88. The summed E-state index contributed by atoms with van der Waals surface area (Å²) < 4.78 is 39.2. The fraction of sp³-hybridized carbons (Fsp3) is 0.643. The van der Waals surface area contributed by atoms with Gasteiger partial charge in [-0.05, 0) is 41.9 Å². The molecule has 1 saturated carbocycles. The second-order valence-electron chi connectivity index (χ2n) is 5.39. The third kappa shape index (κ3) is 4.57. The van der Waals surface area contributed by atoms with E-state index >= 15 is 0 Å². The molecular formula is C14H19BrF3N3. The van der Waals surface area contributed by atoms with Crippen LogP contribution in [0.15, 0.2) is 16.7 Å². The van der Waals surface area contributed by atoms with Gasteiger partial charge in [-0.1, -0.05) is 12.8 Å². The first kappa shape index (κ1) is 16.5. The van der Waals surface area contributed by atoms with Gasteiger partial charge in [0.2, 0.25) is 0 Å². The number of nitrogens with zero attached hydrogens (tertiary/aromatic N) is 2. The Kier molecular flexibility index (Phi) is 5.48. The van der Waals surface area contributed by atoms with Crippen LogP contribution < -0.4 is 5.32 Å². The van der Waals surface area contributed by atoms with Crippen LogP contribution in [0.5, 0.6) is 0 Å². The molecule has 0 aromatic carbocycles. The lowest BCUT2D eigenvalue weighted by Gasteiger charge is -2.24. The van der Waals surface area contributed by atoms with Crippen molar-refractivity contribution in [2.75, 3.05) is 25.5 Å². The largest absolute Gasteiger partial charge is 0.419 e. The SMILES string of the molecule is CN(CCNc1ncc(Br)cc1C(F)(F)F)C1CCCC1. The van der Waals surface area contributed by atoms with Crippen LogP contribution in [0.25, 0.3) is 0 Å². The average molecular weight is 366 g/mol. The minimum Gasteiger partial charge on any atom is -0.368 e. The predicted octanol–water partition coefficient (Wildman–Crippen LogP) is 4.15. The van der Waals surface area contributed by atoms with E-state index in [1.54, 1.807) is 0 Å². The van der Waals surface area contributed by atoms with Crippen LogP contribution in [0.1, 0.15) is 31.2 Å². The van der Waals surface area contributed by atoms with Gasteiger partial charge in [0.1, 0.15) is 5.82 Å². The number of anilines is 1. The van der Waals surface area contributed by atoms with Gasteiger partial charge in [-0.2, -0.15) is 13.2 Å². The van der Waals surface area contributed by atoms with Gasteiger partial charge in [-0.15, -0.1) is 0 Å². The Bertz CT molecular complexity index is 473. The quantitative estimate of drug-likeness (QED) is 0.849. The fourth-order valence-electron chi connectivity index (χ4n) is 2.67. The number of alkyl halides is 3. The van der Waals surface area contributed by atoms with Crippen LogP contribution in [0.4, 0.5) is 19.0 Å². The van der Waals surface area contributed by atoms with Crippen molar-refractivity contribution in [3.8, 4) is 0 Å². The minimum absolute atomic E-state index is 0.106. The van der Waals surface area contributed by atoms with Gasteiger partial charge in [0.25, 0.3) is 0 Å². The topological polar surface area (TPSA) is 28.2 Å². The molecule has 0 atom stereocenters. The fourth-order valence-corrected chi connectivity index (χ4v) is 3.01. The zero-order valence-corrected chi connectivity index (χ0v) is 13.5. The Labute approximate surface area is 131 Å². The van der Waals surface area contributed by atoms with Crippen molar-refractivity contribution in [2.24, 2.45) is 0 Å². The van der Waals surface area contributed by atoms with E-state index in [1.807, 2.05) is 7.05 Å². The third-order valence-electron chi connectivity index (χ3n) is 3.86. The molecule has 1 N–H and O–H groups in total. The average Bonchev–Trinajstić information content (AvgIpc) is 2.93. The molecule has 0 radical (unpaired) electrons. The lowest BCUT2D eigenvalue weighted by molar-refractivity contribution is -0.137. The number of hydrogen-bond acceptors (Lipinski definition) is 3. The first-order valence-corrected chi connectivity index (χ1v) is 7.84. The van der Waals surface area contributed by atoms with Crippen molar-refractivity contribution >= 4 is 21.7 Å². The highest BCUT2D eigenvalue weighted by Gasteiger charge is 2.34. The summed E-state index contributed by atoms with van der Waals surface area (Å²) in [5, 5.41) is 2.81. The second-order valence-corrected chi connectivity index (χ2v) is 6.31. The van der Waals surface area contributed by atoms with Gasteiger partial charge >= 0.3 is 6.18 Å². The van der Waals surface area contributed by atoms with Crippen LogP contribution in [0, 0.1) is 0 Å². The maximum atomic E-state index is 12.9. The Balaban J connectivity index is 1.93. The van der Waals surface area contributed by atoms with Gasteiger partial charge in [0.15, 0.2) is 0 Å². The smallest absolute Gasteiger partial charge is 0.368 e. The molecule has 1 fully saturated rings. The molecule has 1 heterocycles. The van der Waals surface area contributed by atoms with E-state index in [-0.39, 0.29) is 5.82 Å². The monoisotopic (exact) mass is 365 g/mol. The van der Waals surface area contributed by atoms with E-state index in [9.17, 15) is 13.2 Å². The molecule has 1 aromatic rings. The highest BCUT2D eigenvalue weighted by molar-refractivity contribution is 9.10. The van der Waals surface area contributed by atoms with Crippen molar-refractivity contribution in [1.29, 1.82) is 0 Å². The van der Waals surface area contributed by atoms with E-state index in [0.717, 1.165) is 6.07 Å². The number of rotatable bonds is 5. The molecule has 0 spiro atoms. The van der Waals surface area contributed by atoms with Crippen molar-refractivity contribution in [1.82, 2.24) is 9.88 Å². The summed E-state index contributed by atoms with van der Waals surface area (Å²) >= 11 is 3.03. The summed E-state index contributed by atoms with van der Waals surface area (Å²) in [6.45, 7) is 1.16. The molecule has 1 aliphatic carbocycles. The van der Waals surface area contributed by atoms with Gasteiger partial charge < -0.3 is 10.2 Å². The number of halogens is 4. The Morgan fingerprint density at radius 2 is 2.05 bits per heavy atom. The summed E-state index contributed by atoms with van der Waals surface area (Å²) in [6, 6.07) is 1.61. The number of aromatic nitrogens is 1. The van der Waals surface area contributed by atoms with Crippen molar-refractivity contribution in [3.63, 3.8) is 0 Å². The van der Waals surface area contributed by atoms with E-state index < -0.39 is 11.7 Å². The first-order valence-electron chi connectivity index (χ1n) is 7.05. The molecule has 0 bridgehead atoms. The predicted molar refractivity (Wildman–Crippen MR) is 80.3 cm³/mol. The molecule has 7 heteroatoms. The molecule has 0 unspecified atom stereocenters. The molecule has 2 rings (SSSR count). The highest BCUT2D eigenvalue weighted by Crippen LogP contribution is 2.35. The Morgan fingerprint density at radius 3 is 2.67 bits per heavy atom. The molecule has 0 saturated heterocycles. The van der Waals surface area contributed by atoms with E-state index in [2.05, 4.69) is 31.1 Å². The standard InChI is InChI=1S/C14H19BrF3N3/c1-21(11-4-2-3-5-11)7-6-19-13-12(14(16,17)18)8-10(15)9-20-13/h8-9,11H,2-7H2,1H3,(H,19,20). The summed E-state index contributed by atoms with van der Waals surface area (Å²) in [4.78, 5) is 6.06. The zero-order chi connectivity index (χ0) is 15.5. The lowest BCUT2D eigenvalue weighted by Crippen LogP contribution is -2.33. The maximum Gasteiger partial charge on any atom is 0.419 e. The zero-order valence-electron chi connectivity index (χ0n) is 11.9. The Hall–Kier alpha value is -0.820. The van der Waals surface area contributed by atoms with Crippen LogP contribution in [-0.2, 0) is 6.18 Å². The van der Waals surface area contributed by atoms with E-state index in [0.29, 0.717) is 23.6 Å². The molecule has 0 aliphatic heterocycles. The van der Waals surface area contributed by atoms with Crippen molar-refractivity contribution in [2.45, 2.75) is 37.9 Å². The minimum atomic E-state index is -4.41. The van der Waals surface area contributed by atoms with Crippen molar-refractivity contribution in [3.05, 3.63) is 22.3 Å². The molecular weight excluding hydrogens is 347 g/mol. The highest BCUT2D eigenvalue weighted by atomic mass is 79.9. The van der Waals surface area contributed by atoms with Gasteiger partial charge in [-0.25, -0.2) is 4.98 Å². The molecule has 1 aliphatic rings. The van der Waals surface area contributed by atoms with Gasteiger partial charge in [0, 0.05) is 29.8 Å². The Morgan fingerprint density at radius 1 is 1.38 bits per heavy atom. The van der Waals surface area contributed by atoms with Crippen LogP contribution in [-0.4, -0.2) is 36.1 Å². The number of likely N-dealkylation sites (N-methyl/N-ethyl adjacent to an activating group) is 1. The summed E-state index contributed by atoms with van der Waals surface area (Å²) in [5.74, 6) is -0.106. The number of hydrogen-bond donors (Lipinski definition) is 1. The van der Waals surface area contributed by atoms with Crippen LogP contribution in [0.3, 0.4) is 0 Å². The summed E-state index contributed by atoms with van der Waals surface area (Å²) in [7, 11) is 2.03. The second kappa shape index (κ2) is 6.96. The van der Waals surface area contributed by atoms with Gasteiger partial charge in [0.05, 0.1) is 5.56 Å². The number of nitrogens with one attached hydrogen (secondary N) is 1. The number of pyridine rings is 1. The third-order valence-corrected chi connectivity index (χ3v) is 4.30. The maximum absolute atomic E-state index is 12.9. The van der Waals surface area contributed by atoms with Crippen LogP contribution >= 0.6 is 15.9 Å². The van der Waals surface area contributed by atoms with E-state index in [4.69, 9.17) is 0 Å². The molecule has 0 amide bonds. The van der Waals surface area contributed by atoms with Crippen LogP contribution in [0.2, 0.25) is 0 Å². The summed E-state index contributed by atoms with van der Waals surface area (Å²) in [5.41, 5.74) is -0.736. The summed E-state index contributed by atoms with van der Waals surface area (Å²) in [6.07, 6.45) is 1.82. The lowest BCUT2D eigenvalue weighted by atomic mass is 10.2. The molecule has 118 valence electrons. The van der Waals surface area contributed by atoms with Crippen molar-refractivity contribution < 1.29 is 13.2 Å². The van der Waals surface area contributed by atoms with E-state index in [1.165, 1.54) is 31.9 Å².